The highest BCUT2D eigenvalue weighted by atomic mass is 19.1. The van der Waals surface area contributed by atoms with E-state index < -0.39 is 17.7 Å². The summed E-state index contributed by atoms with van der Waals surface area (Å²) in [6.45, 7) is 3.69. The highest BCUT2D eigenvalue weighted by molar-refractivity contribution is 5.97. The molecule has 0 bridgehead atoms. The van der Waals surface area contributed by atoms with Crippen molar-refractivity contribution in [2.24, 2.45) is 10.8 Å². The van der Waals surface area contributed by atoms with Gasteiger partial charge < -0.3 is 5.73 Å². The summed E-state index contributed by atoms with van der Waals surface area (Å²) in [5, 5.41) is 18.0. The van der Waals surface area contributed by atoms with Crippen molar-refractivity contribution in [3.63, 3.8) is 0 Å². The molecule has 9 nitrogen and oxygen atoms in total. The number of nitrogens with two attached hydrogens (primary N) is 1. The van der Waals surface area contributed by atoms with Gasteiger partial charge in [-0.3, -0.25) is 4.98 Å². The predicted molar refractivity (Wildman–Crippen MR) is 109 cm³/mol. The molecule has 4 aromatic rings. The van der Waals surface area contributed by atoms with Crippen LogP contribution in [0, 0.1) is 11.6 Å². The topological polar surface area (TPSA) is 115 Å². The van der Waals surface area contributed by atoms with Gasteiger partial charge in [-0.25, -0.2) is 18.6 Å². The van der Waals surface area contributed by atoms with Crippen molar-refractivity contribution in [3.8, 4) is 0 Å². The molecule has 0 saturated carbocycles. The van der Waals surface area contributed by atoms with Gasteiger partial charge in [0.2, 0.25) is 0 Å². The van der Waals surface area contributed by atoms with Crippen LogP contribution in [0.1, 0.15) is 30.9 Å². The fraction of sp³-hybridized carbons (Fsp3) is 0.200. The maximum absolute atomic E-state index is 15.0. The lowest BCUT2D eigenvalue weighted by atomic mass is 10.1. The Balaban J connectivity index is 1.75. The third kappa shape index (κ3) is 3.77. The number of aromatic nitrogens is 5. The number of pyridine rings is 1. The molecule has 0 spiro atoms. The molecule has 0 radical (unpaired) electrons. The highest BCUT2D eigenvalue weighted by Gasteiger charge is 2.18. The van der Waals surface area contributed by atoms with E-state index in [4.69, 9.17) is 5.73 Å². The molecule has 3 aromatic heterocycles. The van der Waals surface area contributed by atoms with Crippen LogP contribution in [0.25, 0.3) is 16.6 Å². The van der Waals surface area contributed by atoms with Crippen molar-refractivity contribution in [2.75, 3.05) is 6.54 Å². The number of amides is 2. The zero-order valence-electron chi connectivity index (χ0n) is 16.8. The van der Waals surface area contributed by atoms with Gasteiger partial charge in [-0.15, -0.1) is 10.2 Å². The van der Waals surface area contributed by atoms with E-state index in [9.17, 15) is 13.6 Å². The van der Waals surface area contributed by atoms with Crippen molar-refractivity contribution in [3.05, 3.63) is 65.2 Å². The minimum atomic E-state index is -0.727. The lowest BCUT2D eigenvalue weighted by Crippen LogP contribution is -2.32. The van der Waals surface area contributed by atoms with Crippen LogP contribution in [0.5, 0.6) is 0 Å². The van der Waals surface area contributed by atoms with E-state index in [0.29, 0.717) is 23.6 Å². The Bertz CT molecular complexity index is 1330. The smallest absolute Gasteiger partial charge is 0.335 e. The number of carbonyl (C=O) groups excluding carboxylic acids is 1. The van der Waals surface area contributed by atoms with Crippen LogP contribution in [0.4, 0.5) is 13.6 Å². The summed E-state index contributed by atoms with van der Waals surface area (Å²) in [6, 6.07) is 6.93. The summed E-state index contributed by atoms with van der Waals surface area (Å²) < 4.78 is 31.0. The van der Waals surface area contributed by atoms with Gasteiger partial charge in [-0.2, -0.15) is 14.7 Å². The Labute approximate surface area is 175 Å². The van der Waals surface area contributed by atoms with Gasteiger partial charge in [0.05, 0.1) is 11.2 Å². The van der Waals surface area contributed by atoms with Crippen molar-refractivity contribution in [1.29, 1.82) is 0 Å². The largest absolute Gasteiger partial charge is 0.350 e. The molecule has 31 heavy (non-hydrogen) atoms. The van der Waals surface area contributed by atoms with Crippen LogP contribution >= 0.6 is 0 Å². The van der Waals surface area contributed by atoms with Crippen molar-refractivity contribution < 1.29 is 13.6 Å². The first-order valence-corrected chi connectivity index (χ1v) is 9.44. The first-order chi connectivity index (χ1) is 14.9. The SMILES string of the molecule is CCN(/N=C(\C)c1ccc2nnc(Cc3c(F)cc4ncccc4c3F)n2n1)C(N)=O. The molecular formula is C20H18F2N8O. The Morgan fingerprint density at radius 3 is 2.81 bits per heavy atom. The van der Waals surface area contributed by atoms with Crippen molar-refractivity contribution in [2.45, 2.75) is 20.3 Å². The molecule has 0 atom stereocenters. The molecule has 0 aliphatic carbocycles. The second kappa shape index (κ2) is 8.01. The first kappa shape index (κ1) is 20.3. The number of rotatable bonds is 5. The highest BCUT2D eigenvalue weighted by Crippen LogP contribution is 2.24. The van der Waals surface area contributed by atoms with Gasteiger partial charge in [-0.05, 0) is 38.1 Å². The van der Waals surface area contributed by atoms with Crippen LogP contribution in [-0.4, -0.2) is 48.1 Å². The number of hydrogen-bond donors (Lipinski definition) is 1. The summed E-state index contributed by atoms with van der Waals surface area (Å²) in [4.78, 5) is 15.4. The van der Waals surface area contributed by atoms with E-state index in [1.54, 1.807) is 32.0 Å². The van der Waals surface area contributed by atoms with E-state index >= 15 is 0 Å². The molecule has 2 N–H and O–H groups in total. The van der Waals surface area contributed by atoms with Gasteiger partial charge in [0.1, 0.15) is 17.3 Å². The standard InChI is InChI=1S/C20H18F2N8O/c1-3-29(20(23)31)27-11(2)15-6-7-17-25-26-18(30(17)28-15)9-13-14(21)10-16-12(19(13)22)5-4-8-24-16/h4-8,10H,3,9H2,1-2H3,(H2,23,31)/b27-11+. The average Bonchev–Trinajstić information content (AvgIpc) is 3.16. The second-order valence-electron chi connectivity index (χ2n) is 6.74. The quantitative estimate of drug-likeness (QED) is 0.391. The minimum Gasteiger partial charge on any atom is -0.350 e. The lowest BCUT2D eigenvalue weighted by Gasteiger charge is -2.12. The first-order valence-electron chi connectivity index (χ1n) is 9.44. The number of benzene rings is 1. The van der Waals surface area contributed by atoms with E-state index in [-0.39, 0.29) is 28.7 Å². The molecule has 4 rings (SSSR count). The van der Waals surface area contributed by atoms with Crippen LogP contribution in [0.15, 0.2) is 41.6 Å². The molecule has 0 unspecified atom stereocenters. The molecule has 0 aliphatic rings. The summed E-state index contributed by atoms with van der Waals surface area (Å²) in [5.41, 5.74) is 6.62. The van der Waals surface area contributed by atoms with Gasteiger partial charge >= 0.3 is 6.03 Å². The van der Waals surface area contributed by atoms with Gasteiger partial charge in [-0.1, -0.05) is 0 Å². The Morgan fingerprint density at radius 1 is 1.26 bits per heavy atom. The molecule has 2 amide bonds. The Morgan fingerprint density at radius 2 is 2.06 bits per heavy atom. The Hall–Kier alpha value is -4.02. The molecule has 1 aromatic carbocycles. The maximum atomic E-state index is 15.0. The van der Waals surface area contributed by atoms with Crippen LogP contribution in [-0.2, 0) is 6.42 Å². The van der Waals surface area contributed by atoms with E-state index in [2.05, 4.69) is 25.4 Å². The molecule has 158 valence electrons. The second-order valence-corrected chi connectivity index (χ2v) is 6.74. The molecule has 11 heteroatoms. The zero-order chi connectivity index (χ0) is 22.1. The number of urea groups is 1. The van der Waals surface area contributed by atoms with E-state index in [1.807, 2.05) is 0 Å². The van der Waals surface area contributed by atoms with E-state index in [0.717, 1.165) is 5.01 Å². The number of carbonyl (C=O) groups is 1. The average molecular weight is 424 g/mol. The fourth-order valence-electron chi connectivity index (χ4n) is 3.16. The number of nitrogens with zero attached hydrogens (tertiary/aromatic N) is 7. The van der Waals surface area contributed by atoms with Crippen LogP contribution < -0.4 is 5.73 Å². The summed E-state index contributed by atoms with van der Waals surface area (Å²) in [6.07, 6.45) is 1.30. The summed E-state index contributed by atoms with van der Waals surface area (Å²) >= 11 is 0. The summed E-state index contributed by atoms with van der Waals surface area (Å²) in [7, 11) is 0. The number of halogens is 2. The third-order valence-corrected chi connectivity index (χ3v) is 4.75. The number of hydrazone groups is 1. The fourth-order valence-corrected chi connectivity index (χ4v) is 3.16. The molecule has 3 heterocycles. The number of fused-ring (bicyclic) bond motifs is 2. The normalized spacial score (nSPS) is 11.9. The third-order valence-electron chi connectivity index (χ3n) is 4.75. The van der Waals surface area contributed by atoms with Gasteiger partial charge in [0, 0.05) is 36.2 Å². The maximum Gasteiger partial charge on any atom is 0.335 e. The monoisotopic (exact) mass is 424 g/mol. The minimum absolute atomic E-state index is 0.154. The number of primary amides is 1. The molecule has 0 aliphatic heterocycles. The van der Waals surface area contributed by atoms with Crippen LogP contribution in [0.3, 0.4) is 0 Å². The van der Waals surface area contributed by atoms with Gasteiger partial charge in [0.25, 0.3) is 0 Å². The van der Waals surface area contributed by atoms with E-state index in [1.165, 1.54) is 22.8 Å². The van der Waals surface area contributed by atoms with Crippen molar-refractivity contribution >= 4 is 28.3 Å². The molecular weight excluding hydrogens is 406 g/mol. The van der Waals surface area contributed by atoms with Crippen LogP contribution in [0.2, 0.25) is 0 Å². The summed E-state index contributed by atoms with van der Waals surface area (Å²) in [5.74, 6) is -1.18. The molecule has 0 saturated heterocycles. The number of hydrogen-bond acceptors (Lipinski definition) is 6. The van der Waals surface area contributed by atoms with Crippen molar-refractivity contribution in [1.82, 2.24) is 29.8 Å². The Kier molecular flexibility index (Phi) is 5.24. The zero-order valence-corrected chi connectivity index (χ0v) is 16.8. The predicted octanol–water partition coefficient (Wildman–Crippen LogP) is 2.67. The molecule has 0 fully saturated rings. The lowest BCUT2D eigenvalue weighted by molar-refractivity contribution is 0.212. The van der Waals surface area contributed by atoms with Gasteiger partial charge in [0.15, 0.2) is 11.5 Å².